The van der Waals surface area contributed by atoms with Crippen LogP contribution in [0, 0.1) is 0 Å². The summed E-state index contributed by atoms with van der Waals surface area (Å²) in [6.07, 6.45) is 3.61. The minimum atomic E-state index is 0.109. The Morgan fingerprint density at radius 2 is 2.21 bits per heavy atom. The summed E-state index contributed by atoms with van der Waals surface area (Å²) >= 11 is 11.6. The van der Waals surface area contributed by atoms with Gasteiger partial charge in [0.1, 0.15) is 5.02 Å². The minimum Gasteiger partial charge on any atom is -0.487 e. The maximum Gasteiger partial charge on any atom is 0.174 e. The topological polar surface area (TPSA) is 35.0 Å². The summed E-state index contributed by atoms with van der Waals surface area (Å²) in [6.45, 7) is 4.08. The highest BCUT2D eigenvalue weighted by atomic mass is 35.5. The molecule has 0 unspecified atom stereocenters. The van der Waals surface area contributed by atoms with Gasteiger partial charge in [0.2, 0.25) is 0 Å². The van der Waals surface area contributed by atoms with Crippen LogP contribution in [-0.2, 0) is 0 Å². The molecule has 1 aromatic heterocycles. The van der Waals surface area contributed by atoms with Crippen LogP contribution in [0.1, 0.15) is 26.7 Å². The lowest BCUT2D eigenvalue weighted by molar-refractivity contribution is 0.209. The van der Waals surface area contributed by atoms with Crippen molar-refractivity contribution in [3.8, 4) is 5.75 Å². The molecule has 0 radical (unpaired) electrons. The first-order chi connectivity index (χ1) is 6.65. The van der Waals surface area contributed by atoms with E-state index in [4.69, 9.17) is 27.9 Å². The van der Waals surface area contributed by atoms with Crippen LogP contribution in [-0.4, -0.2) is 16.3 Å². The Kier molecular flexibility index (Phi) is 4.42. The van der Waals surface area contributed by atoms with Crippen LogP contribution in [0.5, 0.6) is 5.75 Å². The van der Waals surface area contributed by atoms with Gasteiger partial charge in [-0.1, -0.05) is 36.5 Å². The second-order valence-corrected chi connectivity index (χ2v) is 3.77. The molecule has 14 heavy (non-hydrogen) atoms. The van der Waals surface area contributed by atoms with E-state index in [9.17, 15) is 0 Å². The van der Waals surface area contributed by atoms with Crippen molar-refractivity contribution < 1.29 is 4.74 Å². The van der Waals surface area contributed by atoms with Crippen molar-refractivity contribution in [2.75, 3.05) is 0 Å². The highest BCUT2D eigenvalue weighted by Gasteiger charge is 2.10. The molecule has 0 saturated carbocycles. The van der Waals surface area contributed by atoms with Gasteiger partial charge in [-0.25, -0.2) is 0 Å². The molecular formula is C9H12Cl2N2O. The number of hydrogen-bond donors (Lipinski definition) is 0. The molecule has 1 rings (SSSR count). The van der Waals surface area contributed by atoms with Gasteiger partial charge in [-0.2, -0.15) is 5.10 Å². The Morgan fingerprint density at radius 1 is 1.50 bits per heavy atom. The molecule has 0 aliphatic heterocycles. The van der Waals surface area contributed by atoms with E-state index in [1.54, 1.807) is 0 Å². The summed E-state index contributed by atoms with van der Waals surface area (Å²) in [7, 11) is 0. The molecule has 1 atom stereocenters. The highest BCUT2D eigenvalue weighted by Crippen LogP contribution is 2.29. The molecule has 5 heteroatoms. The normalized spacial score (nSPS) is 12.6. The third-order valence-electron chi connectivity index (χ3n) is 1.74. The number of ether oxygens (including phenoxy) is 1. The van der Waals surface area contributed by atoms with Crippen molar-refractivity contribution in [3.63, 3.8) is 0 Å². The molecule has 0 spiro atoms. The van der Waals surface area contributed by atoms with E-state index in [2.05, 4.69) is 17.1 Å². The summed E-state index contributed by atoms with van der Waals surface area (Å²) in [6, 6.07) is 0. The third kappa shape index (κ3) is 3.00. The smallest absolute Gasteiger partial charge is 0.174 e. The van der Waals surface area contributed by atoms with Gasteiger partial charge in [0.05, 0.1) is 12.3 Å². The molecule has 0 bridgehead atoms. The molecule has 78 valence electrons. The molecule has 0 aromatic carbocycles. The zero-order valence-corrected chi connectivity index (χ0v) is 9.64. The number of halogens is 2. The Morgan fingerprint density at radius 3 is 2.86 bits per heavy atom. The zero-order valence-electron chi connectivity index (χ0n) is 8.13. The molecule has 0 saturated heterocycles. The first-order valence-corrected chi connectivity index (χ1v) is 5.24. The van der Waals surface area contributed by atoms with Crippen molar-refractivity contribution in [2.24, 2.45) is 0 Å². The van der Waals surface area contributed by atoms with Crippen LogP contribution in [0.15, 0.2) is 6.20 Å². The molecular weight excluding hydrogens is 223 g/mol. The molecule has 0 N–H and O–H groups in total. The Labute approximate surface area is 93.4 Å². The van der Waals surface area contributed by atoms with Crippen LogP contribution >= 0.6 is 23.2 Å². The molecule has 3 nitrogen and oxygen atoms in total. The average molecular weight is 235 g/mol. The molecule has 0 aliphatic carbocycles. The van der Waals surface area contributed by atoms with Crippen molar-refractivity contribution in [1.82, 2.24) is 10.2 Å². The van der Waals surface area contributed by atoms with Crippen molar-refractivity contribution in [3.05, 3.63) is 16.4 Å². The maximum absolute atomic E-state index is 5.88. The minimum absolute atomic E-state index is 0.109. The van der Waals surface area contributed by atoms with E-state index in [1.165, 1.54) is 6.20 Å². The SMILES string of the molecule is CCC[C@@H](C)Oc1cnnc(Cl)c1Cl. The van der Waals surface area contributed by atoms with E-state index in [1.807, 2.05) is 6.92 Å². The van der Waals surface area contributed by atoms with Crippen LogP contribution in [0.3, 0.4) is 0 Å². The molecule has 0 amide bonds. The lowest BCUT2D eigenvalue weighted by Gasteiger charge is -2.14. The second kappa shape index (κ2) is 5.37. The van der Waals surface area contributed by atoms with E-state index in [-0.39, 0.29) is 11.3 Å². The first kappa shape index (κ1) is 11.5. The van der Waals surface area contributed by atoms with Crippen LogP contribution < -0.4 is 4.74 Å². The van der Waals surface area contributed by atoms with Crippen LogP contribution in [0.4, 0.5) is 0 Å². The largest absolute Gasteiger partial charge is 0.487 e. The third-order valence-corrected chi connectivity index (χ3v) is 2.47. The van der Waals surface area contributed by atoms with E-state index < -0.39 is 0 Å². The van der Waals surface area contributed by atoms with Crippen molar-refractivity contribution in [1.29, 1.82) is 0 Å². The Hall–Kier alpha value is -0.540. The number of aromatic nitrogens is 2. The number of rotatable bonds is 4. The van der Waals surface area contributed by atoms with Gasteiger partial charge in [-0.3, -0.25) is 0 Å². The van der Waals surface area contributed by atoms with E-state index in [0.29, 0.717) is 10.8 Å². The zero-order chi connectivity index (χ0) is 10.6. The van der Waals surface area contributed by atoms with Crippen LogP contribution in [0.2, 0.25) is 10.2 Å². The second-order valence-electron chi connectivity index (χ2n) is 3.03. The first-order valence-electron chi connectivity index (χ1n) is 4.48. The van der Waals surface area contributed by atoms with Gasteiger partial charge in [0.25, 0.3) is 0 Å². The Balaban J connectivity index is 2.71. The fourth-order valence-electron chi connectivity index (χ4n) is 1.10. The van der Waals surface area contributed by atoms with Gasteiger partial charge >= 0.3 is 0 Å². The molecule has 1 aromatic rings. The predicted octanol–water partition coefficient (Wildman–Crippen LogP) is 3.35. The average Bonchev–Trinajstić information content (AvgIpc) is 2.13. The summed E-state index contributed by atoms with van der Waals surface area (Å²) < 4.78 is 5.55. The van der Waals surface area contributed by atoms with Gasteiger partial charge in [0.15, 0.2) is 10.9 Å². The van der Waals surface area contributed by atoms with Gasteiger partial charge < -0.3 is 4.74 Å². The van der Waals surface area contributed by atoms with Crippen LogP contribution in [0.25, 0.3) is 0 Å². The number of hydrogen-bond acceptors (Lipinski definition) is 3. The maximum atomic E-state index is 5.88. The predicted molar refractivity (Wildman–Crippen MR) is 57.1 cm³/mol. The van der Waals surface area contributed by atoms with Gasteiger partial charge in [-0.15, -0.1) is 5.10 Å². The lowest BCUT2D eigenvalue weighted by Crippen LogP contribution is -2.11. The highest BCUT2D eigenvalue weighted by molar-refractivity contribution is 6.42. The Bertz CT molecular complexity index is 307. The standard InChI is InChI=1S/C9H12Cl2N2O/c1-3-4-6(2)14-7-5-12-13-9(11)8(7)10/h5-6H,3-4H2,1-2H3/t6-/m1/s1. The van der Waals surface area contributed by atoms with E-state index >= 15 is 0 Å². The molecule has 0 fully saturated rings. The quantitative estimate of drug-likeness (QED) is 0.802. The fourth-order valence-corrected chi connectivity index (χ4v) is 1.37. The van der Waals surface area contributed by atoms with E-state index in [0.717, 1.165) is 12.8 Å². The van der Waals surface area contributed by atoms with Gasteiger partial charge in [0, 0.05) is 0 Å². The summed E-state index contributed by atoms with van der Waals surface area (Å²) in [5.41, 5.74) is 0. The molecule has 0 aliphatic rings. The summed E-state index contributed by atoms with van der Waals surface area (Å²) in [4.78, 5) is 0. The summed E-state index contributed by atoms with van der Waals surface area (Å²) in [5.74, 6) is 0.493. The van der Waals surface area contributed by atoms with Crippen molar-refractivity contribution >= 4 is 23.2 Å². The molecule has 1 heterocycles. The van der Waals surface area contributed by atoms with Crippen molar-refractivity contribution in [2.45, 2.75) is 32.8 Å². The monoisotopic (exact) mass is 234 g/mol. The van der Waals surface area contributed by atoms with Gasteiger partial charge in [-0.05, 0) is 13.3 Å². The number of nitrogens with zero attached hydrogens (tertiary/aromatic N) is 2. The summed E-state index contributed by atoms with van der Waals surface area (Å²) in [5, 5.41) is 7.76. The lowest BCUT2D eigenvalue weighted by atomic mass is 10.2. The fraction of sp³-hybridized carbons (Fsp3) is 0.556.